The van der Waals surface area contributed by atoms with E-state index in [-0.39, 0.29) is 30.2 Å². The molecule has 1 spiro atoms. The van der Waals surface area contributed by atoms with Crippen molar-refractivity contribution in [3.63, 3.8) is 0 Å². The SMILES string of the molecule is CC(C)[C@H](NS(=O)(=O)c1ccc(F)cc1)C(=O)N(C)[C@@H](CC(C)(C)C)C(=O)N1C[C@]2(C[C@H]1C#N)C(=O)Nc1ccccc12. The van der Waals surface area contributed by atoms with E-state index in [4.69, 9.17) is 0 Å². The second kappa shape index (κ2) is 11.7. The minimum Gasteiger partial charge on any atom is -0.332 e. The van der Waals surface area contributed by atoms with Crippen molar-refractivity contribution >= 4 is 33.4 Å². The molecule has 4 rings (SSSR count). The number of nitrogens with zero attached hydrogens (tertiary/aromatic N) is 3. The van der Waals surface area contributed by atoms with Gasteiger partial charge in [-0.25, -0.2) is 12.8 Å². The van der Waals surface area contributed by atoms with Gasteiger partial charge in [0.25, 0.3) is 0 Å². The fourth-order valence-electron chi connectivity index (χ4n) is 5.84. The predicted molar refractivity (Wildman–Crippen MR) is 158 cm³/mol. The van der Waals surface area contributed by atoms with Gasteiger partial charge in [-0.05, 0) is 53.6 Å². The Morgan fingerprint density at radius 3 is 2.40 bits per heavy atom. The summed E-state index contributed by atoms with van der Waals surface area (Å²) < 4.78 is 42.1. The summed E-state index contributed by atoms with van der Waals surface area (Å²) in [5.74, 6) is -2.51. The predicted octanol–water partition coefficient (Wildman–Crippen LogP) is 3.41. The molecule has 0 bridgehead atoms. The van der Waals surface area contributed by atoms with Gasteiger partial charge in [0, 0.05) is 25.7 Å². The molecular weight excluding hydrogens is 573 g/mol. The maximum absolute atomic E-state index is 14.3. The van der Waals surface area contributed by atoms with Crippen LogP contribution in [0.3, 0.4) is 0 Å². The van der Waals surface area contributed by atoms with E-state index in [1.54, 1.807) is 32.0 Å². The van der Waals surface area contributed by atoms with Gasteiger partial charge in [0.2, 0.25) is 27.7 Å². The molecule has 10 nitrogen and oxygen atoms in total. The van der Waals surface area contributed by atoms with Crippen LogP contribution in [-0.2, 0) is 29.8 Å². The maximum atomic E-state index is 14.3. The number of nitriles is 1. The zero-order valence-corrected chi connectivity index (χ0v) is 26.0. The normalized spacial score (nSPS) is 21.3. The van der Waals surface area contributed by atoms with Crippen molar-refractivity contribution in [1.29, 1.82) is 5.26 Å². The summed E-state index contributed by atoms with van der Waals surface area (Å²) >= 11 is 0. The van der Waals surface area contributed by atoms with Crippen molar-refractivity contribution in [1.82, 2.24) is 14.5 Å². The van der Waals surface area contributed by atoms with Crippen LogP contribution in [0.25, 0.3) is 0 Å². The molecule has 4 atom stereocenters. The first kappa shape index (κ1) is 32.1. The zero-order chi connectivity index (χ0) is 31.9. The number of sulfonamides is 1. The fourth-order valence-corrected chi connectivity index (χ4v) is 7.18. The first-order valence-electron chi connectivity index (χ1n) is 14.2. The summed E-state index contributed by atoms with van der Waals surface area (Å²) in [6.45, 7) is 9.07. The number of anilines is 1. The lowest BCUT2D eigenvalue weighted by molar-refractivity contribution is -0.147. The second-order valence-electron chi connectivity index (χ2n) is 12.9. The third kappa shape index (κ3) is 6.28. The molecule has 1 saturated heterocycles. The number of benzene rings is 2. The molecule has 2 heterocycles. The number of amides is 3. The topological polar surface area (TPSA) is 140 Å². The van der Waals surface area contributed by atoms with Crippen molar-refractivity contribution in [2.24, 2.45) is 11.3 Å². The highest BCUT2D eigenvalue weighted by molar-refractivity contribution is 7.89. The molecule has 0 saturated carbocycles. The van der Waals surface area contributed by atoms with E-state index in [1.807, 2.05) is 26.8 Å². The van der Waals surface area contributed by atoms with Crippen LogP contribution in [0.5, 0.6) is 0 Å². The monoisotopic (exact) mass is 611 g/mol. The number of rotatable bonds is 8. The van der Waals surface area contributed by atoms with E-state index in [2.05, 4.69) is 16.1 Å². The first-order valence-corrected chi connectivity index (χ1v) is 15.6. The fraction of sp³-hybridized carbons (Fsp3) is 0.484. The number of carbonyl (C=O) groups is 3. The lowest BCUT2D eigenvalue weighted by Gasteiger charge is -2.37. The van der Waals surface area contributed by atoms with E-state index in [0.717, 1.165) is 29.8 Å². The van der Waals surface area contributed by atoms with Gasteiger partial charge in [-0.1, -0.05) is 52.8 Å². The summed E-state index contributed by atoms with van der Waals surface area (Å²) in [6.07, 6.45) is 0.331. The third-order valence-corrected chi connectivity index (χ3v) is 9.62. The van der Waals surface area contributed by atoms with E-state index < -0.39 is 62.5 Å². The number of para-hydroxylation sites is 1. The molecule has 1 fully saturated rings. The number of halogens is 1. The number of hydrogen-bond acceptors (Lipinski definition) is 6. The Bertz CT molecular complexity index is 1560. The Labute approximate surface area is 252 Å². The number of likely N-dealkylation sites (N-methyl/N-ethyl adjacent to an activating group) is 1. The Balaban J connectivity index is 1.65. The Morgan fingerprint density at radius 2 is 1.81 bits per heavy atom. The van der Waals surface area contributed by atoms with Crippen LogP contribution < -0.4 is 10.0 Å². The average molecular weight is 612 g/mol. The Hall–Kier alpha value is -3.82. The number of likely N-dealkylation sites (tertiary alicyclic amines) is 1. The summed E-state index contributed by atoms with van der Waals surface area (Å²) in [5, 5.41) is 13.0. The molecule has 12 heteroatoms. The molecule has 2 N–H and O–H groups in total. The van der Waals surface area contributed by atoms with Gasteiger partial charge in [0.05, 0.1) is 16.4 Å². The average Bonchev–Trinajstić information content (AvgIpc) is 3.46. The zero-order valence-electron chi connectivity index (χ0n) is 25.2. The highest BCUT2D eigenvalue weighted by atomic mass is 32.2. The molecule has 230 valence electrons. The Kier molecular flexibility index (Phi) is 8.73. The molecule has 2 aromatic carbocycles. The minimum atomic E-state index is -4.21. The van der Waals surface area contributed by atoms with Gasteiger partial charge in [-0.15, -0.1) is 0 Å². The molecule has 3 amide bonds. The number of carbonyl (C=O) groups excluding carboxylic acids is 3. The summed E-state index contributed by atoms with van der Waals surface area (Å²) in [5.41, 5.74) is -0.160. The molecule has 0 radical (unpaired) electrons. The highest BCUT2D eigenvalue weighted by Gasteiger charge is 2.57. The van der Waals surface area contributed by atoms with E-state index in [9.17, 15) is 32.5 Å². The molecular formula is C31H38FN5O5S. The quantitative estimate of drug-likeness (QED) is 0.469. The smallest absolute Gasteiger partial charge is 0.246 e. The standard InChI is InChI=1S/C31H38FN5O5S/c1-19(2)26(35-43(41,42)22-13-11-20(32)12-14-22)28(39)36(6)25(16-30(3,4)5)27(38)37-18-31(15-21(37)17-33)23-9-7-8-10-24(23)34-29(31)40/h7-14,19,21,25-26,35H,15-16,18H2,1-6H3,(H,34,40)/t21-,25-,26-,31-/m0/s1. The highest BCUT2D eigenvalue weighted by Crippen LogP contribution is 2.46. The third-order valence-electron chi connectivity index (χ3n) is 8.16. The molecule has 0 aliphatic carbocycles. The maximum Gasteiger partial charge on any atom is 0.246 e. The van der Waals surface area contributed by atoms with Gasteiger partial charge < -0.3 is 15.1 Å². The molecule has 2 aliphatic heterocycles. The minimum absolute atomic E-state index is 0.0274. The largest absolute Gasteiger partial charge is 0.332 e. The number of nitrogens with one attached hydrogen (secondary N) is 2. The van der Waals surface area contributed by atoms with E-state index in [0.29, 0.717) is 5.69 Å². The van der Waals surface area contributed by atoms with Crippen LogP contribution >= 0.6 is 0 Å². The van der Waals surface area contributed by atoms with Crippen LogP contribution in [-0.4, -0.2) is 67.7 Å². The van der Waals surface area contributed by atoms with Gasteiger partial charge in [-0.2, -0.15) is 9.98 Å². The number of hydrogen-bond donors (Lipinski definition) is 2. The van der Waals surface area contributed by atoms with Gasteiger partial charge in [0.1, 0.15) is 23.9 Å². The van der Waals surface area contributed by atoms with Crippen LogP contribution in [0, 0.1) is 28.5 Å². The summed E-state index contributed by atoms with van der Waals surface area (Å²) in [7, 11) is -2.76. The molecule has 0 aromatic heterocycles. The summed E-state index contributed by atoms with van der Waals surface area (Å²) in [6, 6.07) is 10.4. The van der Waals surface area contributed by atoms with Crippen molar-refractivity contribution in [2.45, 2.75) is 75.9 Å². The summed E-state index contributed by atoms with van der Waals surface area (Å²) in [4.78, 5) is 43.9. The molecule has 43 heavy (non-hydrogen) atoms. The van der Waals surface area contributed by atoms with Crippen LogP contribution in [0.2, 0.25) is 0 Å². The van der Waals surface area contributed by atoms with Gasteiger partial charge in [-0.3, -0.25) is 14.4 Å². The molecule has 0 unspecified atom stereocenters. The second-order valence-corrected chi connectivity index (χ2v) is 14.6. The van der Waals surface area contributed by atoms with Crippen molar-refractivity contribution < 1.29 is 27.2 Å². The van der Waals surface area contributed by atoms with Gasteiger partial charge >= 0.3 is 0 Å². The van der Waals surface area contributed by atoms with Crippen molar-refractivity contribution in [3.8, 4) is 6.07 Å². The van der Waals surface area contributed by atoms with Crippen molar-refractivity contribution in [2.75, 3.05) is 18.9 Å². The van der Waals surface area contributed by atoms with E-state index >= 15 is 0 Å². The lowest BCUT2D eigenvalue weighted by Crippen LogP contribution is -2.57. The van der Waals surface area contributed by atoms with Crippen molar-refractivity contribution in [3.05, 3.63) is 59.9 Å². The molecule has 2 aromatic rings. The lowest BCUT2D eigenvalue weighted by atomic mass is 9.80. The van der Waals surface area contributed by atoms with E-state index in [1.165, 1.54) is 16.8 Å². The number of fused-ring (bicyclic) bond motifs is 2. The van der Waals surface area contributed by atoms with Crippen LogP contribution in [0.15, 0.2) is 53.4 Å². The Morgan fingerprint density at radius 1 is 1.19 bits per heavy atom. The van der Waals surface area contributed by atoms with Crippen LogP contribution in [0.1, 0.15) is 53.0 Å². The van der Waals surface area contributed by atoms with Gasteiger partial charge in [0.15, 0.2) is 0 Å². The molecule has 2 aliphatic rings. The van der Waals surface area contributed by atoms with Crippen LogP contribution in [0.4, 0.5) is 10.1 Å². The first-order chi connectivity index (χ1) is 20.0.